The SMILES string of the molecule is CCC(NCc1cnc(SC)nc1N1CCN(c2ccc(F)cc2)CC1)c1ccccc1. The first-order chi connectivity index (χ1) is 15.7. The summed E-state index contributed by atoms with van der Waals surface area (Å²) in [5, 5.41) is 4.49. The standard InChI is InChI=1S/C25H30FN5S/c1-3-23(19-7-5-4-6-8-19)27-17-20-18-28-25(32-2)29-24(20)31-15-13-30(14-16-31)22-11-9-21(26)10-12-22/h4-12,18,23,27H,3,13-17H2,1-2H3. The summed E-state index contributed by atoms with van der Waals surface area (Å²) >= 11 is 1.56. The Morgan fingerprint density at radius 1 is 1.00 bits per heavy atom. The minimum absolute atomic E-state index is 0.198. The van der Waals surface area contributed by atoms with Crippen LogP contribution >= 0.6 is 11.8 Å². The Bertz CT molecular complexity index is 991. The van der Waals surface area contributed by atoms with E-state index in [1.165, 1.54) is 17.7 Å². The lowest BCUT2D eigenvalue weighted by atomic mass is 10.0. The van der Waals surface area contributed by atoms with E-state index < -0.39 is 0 Å². The van der Waals surface area contributed by atoms with Gasteiger partial charge in [0.1, 0.15) is 11.6 Å². The zero-order valence-corrected chi connectivity index (χ0v) is 19.5. The molecule has 0 bridgehead atoms. The number of rotatable bonds is 8. The van der Waals surface area contributed by atoms with Crippen LogP contribution in [0.5, 0.6) is 0 Å². The van der Waals surface area contributed by atoms with Crippen molar-refractivity contribution in [3.05, 3.63) is 77.7 Å². The number of hydrogen-bond donors (Lipinski definition) is 1. The lowest BCUT2D eigenvalue weighted by molar-refractivity contribution is 0.515. The van der Waals surface area contributed by atoms with Gasteiger partial charge in [-0.25, -0.2) is 14.4 Å². The minimum atomic E-state index is -0.198. The van der Waals surface area contributed by atoms with Gasteiger partial charge in [0.25, 0.3) is 0 Å². The molecule has 3 aromatic rings. The Kier molecular flexibility index (Phi) is 7.60. The molecule has 4 rings (SSSR count). The molecule has 1 fully saturated rings. The molecule has 1 aliphatic rings. The monoisotopic (exact) mass is 451 g/mol. The molecule has 1 atom stereocenters. The van der Waals surface area contributed by atoms with Crippen LogP contribution < -0.4 is 15.1 Å². The van der Waals surface area contributed by atoms with E-state index in [0.717, 1.165) is 61.4 Å². The number of piperazine rings is 1. The smallest absolute Gasteiger partial charge is 0.189 e. The Labute approximate surface area is 194 Å². The molecule has 1 aromatic heterocycles. The van der Waals surface area contributed by atoms with Crippen LogP contribution in [0.2, 0.25) is 0 Å². The zero-order chi connectivity index (χ0) is 22.3. The van der Waals surface area contributed by atoms with Crippen molar-refractivity contribution in [3.8, 4) is 0 Å². The van der Waals surface area contributed by atoms with Crippen molar-refractivity contribution in [1.29, 1.82) is 0 Å². The predicted molar refractivity (Wildman–Crippen MR) is 131 cm³/mol. The van der Waals surface area contributed by atoms with Gasteiger partial charge < -0.3 is 15.1 Å². The van der Waals surface area contributed by atoms with Crippen molar-refractivity contribution < 1.29 is 4.39 Å². The van der Waals surface area contributed by atoms with Gasteiger partial charge in [0.2, 0.25) is 0 Å². The van der Waals surface area contributed by atoms with E-state index in [1.54, 1.807) is 11.8 Å². The van der Waals surface area contributed by atoms with Gasteiger partial charge in [-0.1, -0.05) is 49.0 Å². The van der Waals surface area contributed by atoms with Crippen LogP contribution in [0.3, 0.4) is 0 Å². The molecule has 0 aliphatic carbocycles. The molecule has 1 N–H and O–H groups in total. The summed E-state index contributed by atoms with van der Waals surface area (Å²) in [5.74, 6) is 0.814. The van der Waals surface area contributed by atoms with Crippen LogP contribution in [0, 0.1) is 5.82 Å². The maximum absolute atomic E-state index is 13.3. The average molecular weight is 452 g/mol. The second-order valence-corrected chi connectivity index (χ2v) is 8.68. The van der Waals surface area contributed by atoms with Gasteiger partial charge in [-0.2, -0.15) is 0 Å². The molecule has 1 aliphatic heterocycles. The minimum Gasteiger partial charge on any atom is -0.368 e. The molecule has 2 aromatic carbocycles. The number of halogens is 1. The number of thioether (sulfide) groups is 1. The van der Waals surface area contributed by atoms with Gasteiger partial charge in [-0.05, 0) is 42.5 Å². The molecule has 168 valence electrons. The number of anilines is 2. The van der Waals surface area contributed by atoms with E-state index in [4.69, 9.17) is 4.98 Å². The highest BCUT2D eigenvalue weighted by molar-refractivity contribution is 7.98. The van der Waals surface area contributed by atoms with Crippen molar-refractivity contribution in [3.63, 3.8) is 0 Å². The molecule has 1 saturated heterocycles. The molecule has 7 heteroatoms. The molecule has 0 saturated carbocycles. The Morgan fingerprint density at radius 3 is 2.34 bits per heavy atom. The van der Waals surface area contributed by atoms with E-state index in [1.807, 2.05) is 24.6 Å². The van der Waals surface area contributed by atoms with Crippen molar-refractivity contribution in [2.45, 2.75) is 31.1 Å². The highest BCUT2D eigenvalue weighted by atomic mass is 32.2. The molecule has 1 unspecified atom stereocenters. The number of aromatic nitrogens is 2. The van der Waals surface area contributed by atoms with Gasteiger partial charge in [-0.3, -0.25) is 0 Å². The third-order valence-corrected chi connectivity index (χ3v) is 6.48. The number of nitrogens with zero attached hydrogens (tertiary/aromatic N) is 4. The van der Waals surface area contributed by atoms with Crippen LogP contribution in [-0.2, 0) is 6.54 Å². The summed E-state index contributed by atoms with van der Waals surface area (Å²) in [4.78, 5) is 14.1. The van der Waals surface area contributed by atoms with E-state index in [2.05, 4.69) is 57.4 Å². The quantitative estimate of drug-likeness (QED) is 0.388. The Hall–Kier alpha value is -2.64. The molecule has 32 heavy (non-hydrogen) atoms. The Balaban J connectivity index is 1.46. The third kappa shape index (κ3) is 5.40. The first kappa shape index (κ1) is 22.6. The summed E-state index contributed by atoms with van der Waals surface area (Å²) in [6.45, 7) is 6.40. The van der Waals surface area contributed by atoms with Crippen LogP contribution in [0.1, 0.15) is 30.5 Å². The summed E-state index contributed by atoms with van der Waals surface area (Å²) in [5.41, 5.74) is 3.48. The molecule has 0 amide bonds. The van der Waals surface area contributed by atoms with Crippen LogP contribution in [0.4, 0.5) is 15.9 Å². The topological polar surface area (TPSA) is 44.3 Å². The second kappa shape index (κ2) is 10.8. The molecule has 5 nitrogen and oxygen atoms in total. The lowest BCUT2D eigenvalue weighted by Gasteiger charge is -2.37. The molecular weight excluding hydrogens is 421 g/mol. The number of benzene rings is 2. The maximum atomic E-state index is 13.3. The highest BCUT2D eigenvalue weighted by Crippen LogP contribution is 2.25. The van der Waals surface area contributed by atoms with Gasteiger partial charge in [-0.15, -0.1) is 0 Å². The van der Waals surface area contributed by atoms with Gasteiger partial charge in [0.05, 0.1) is 0 Å². The van der Waals surface area contributed by atoms with Crippen LogP contribution in [0.25, 0.3) is 0 Å². The molecule has 0 radical (unpaired) electrons. The number of hydrogen-bond acceptors (Lipinski definition) is 6. The van der Waals surface area contributed by atoms with E-state index in [0.29, 0.717) is 6.04 Å². The summed E-state index contributed by atoms with van der Waals surface area (Å²) < 4.78 is 13.3. The van der Waals surface area contributed by atoms with Gasteiger partial charge in [0.15, 0.2) is 5.16 Å². The predicted octanol–water partition coefficient (Wildman–Crippen LogP) is 4.91. The fraction of sp³-hybridized carbons (Fsp3) is 0.360. The van der Waals surface area contributed by atoms with Gasteiger partial charge >= 0.3 is 0 Å². The molecular formula is C25H30FN5S. The van der Waals surface area contributed by atoms with E-state index in [-0.39, 0.29) is 5.82 Å². The first-order valence-electron chi connectivity index (χ1n) is 11.1. The van der Waals surface area contributed by atoms with E-state index >= 15 is 0 Å². The average Bonchev–Trinajstić information content (AvgIpc) is 2.86. The van der Waals surface area contributed by atoms with Crippen LogP contribution in [0.15, 0.2) is 66.0 Å². The van der Waals surface area contributed by atoms with Crippen molar-refractivity contribution in [2.75, 3.05) is 42.2 Å². The first-order valence-corrected chi connectivity index (χ1v) is 12.3. The zero-order valence-electron chi connectivity index (χ0n) is 18.7. The van der Waals surface area contributed by atoms with Crippen LogP contribution in [-0.4, -0.2) is 42.4 Å². The van der Waals surface area contributed by atoms with Crippen molar-refractivity contribution >= 4 is 23.3 Å². The summed E-state index contributed by atoms with van der Waals surface area (Å²) in [7, 11) is 0. The molecule has 0 spiro atoms. The summed E-state index contributed by atoms with van der Waals surface area (Å²) in [6.07, 6.45) is 4.98. The third-order valence-electron chi connectivity index (χ3n) is 5.92. The lowest BCUT2D eigenvalue weighted by Crippen LogP contribution is -2.47. The molecule has 2 heterocycles. The number of nitrogens with one attached hydrogen (secondary N) is 1. The van der Waals surface area contributed by atoms with Crippen molar-refractivity contribution in [1.82, 2.24) is 15.3 Å². The van der Waals surface area contributed by atoms with E-state index in [9.17, 15) is 4.39 Å². The normalized spacial score (nSPS) is 15.1. The second-order valence-electron chi connectivity index (χ2n) is 7.91. The maximum Gasteiger partial charge on any atom is 0.189 e. The summed E-state index contributed by atoms with van der Waals surface area (Å²) in [6, 6.07) is 17.6. The van der Waals surface area contributed by atoms with Crippen molar-refractivity contribution in [2.24, 2.45) is 0 Å². The highest BCUT2D eigenvalue weighted by Gasteiger charge is 2.22. The fourth-order valence-electron chi connectivity index (χ4n) is 4.12. The fourth-order valence-corrected chi connectivity index (χ4v) is 4.46. The Morgan fingerprint density at radius 2 is 1.69 bits per heavy atom. The largest absolute Gasteiger partial charge is 0.368 e. The van der Waals surface area contributed by atoms with Gasteiger partial charge in [0, 0.05) is 56.2 Å².